The maximum absolute atomic E-state index is 10.0. The summed E-state index contributed by atoms with van der Waals surface area (Å²) in [5.41, 5.74) is 4.92. The van der Waals surface area contributed by atoms with E-state index >= 15 is 0 Å². The first-order chi connectivity index (χ1) is 3.48. The van der Waals surface area contributed by atoms with Crippen molar-refractivity contribution in [1.29, 1.82) is 0 Å². The van der Waals surface area contributed by atoms with Crippen molar-refractivity contribution in [3.8, 4) is 0 Å². The quantitative estimate of drug-likeness (QED) is 0.386. The van der Waals surface area contributed by atoms with Gasteiger partial charge in [-0.2, -0.15) is 8.42 Å². The van der Waals surface area contributed by atoms with Gasteiger partial charge in [-0.25, -0.2) is 0 Å². The van der Waals surface area contributed by atoms with Crippen LogP contribution < -0.4 is 5.73 Å². The Morgan fingerprint density at radius 2 is 2.00 bits per heavy atom. The molecule has 4 nitrogen and oxygen atoms in total. The topological polar surface area (TPSA) is 80.4 Å². The van der Waals surface area contributed by atoms with Crippen molar-refractivity contribution in [2.24, 2.45) is 5.73 Å². The fourth-order valence-electron chi connectivity index (χ4n) is 0.122. The average Bonchev–Trinajstić information content (AvgIpc) is 1.62. The predicted molar refractivity (Wildman–Crippen MR) is 37.2 cm³/mol. The standard InChI is InChI=1S/C3H9NO3S.Na.H/c1-3(2-4)8(5,6)7;;/h3H,2,4H2,1H3,(H,5,6,7);;. The van der Waals surface area contributed by atoms with Crippen molar-refractivity contribution in [3.63, 3.8) is 0 Å². The zero-order chi connectivity index (χ0) is 6.78. The van der Waals surface area contributed by atoms with Gasteiger partial charge in [-0.15, -0.1) is 0 Å². The molecule has 9 heavy (non-hydrogen) atoms. The summed E-state index contributed by atoms with van der Waals surface area (Å²) in [5, 5.41) is -0.845. The molecule has 0 saturated carbocycles. The minimum absolute atomic E-state index is 0. The first-order valence-corrected chi connectivity index (χ1v) is 3.65. The third kappa shape index (κ3) is 5.32. The Labute approximate surface area is 76.9 Å². The van der Waals surface area contributed by atoms with Crippen LogP contribution in [-0.2, 0) is 10.1 Å². The molecule has 6 heteroatoms. The monoisotopic (exact) mass is 163 g/mol. The number of hydrogen-bond donors (Lipinski definition) is 2. The van der Waals surface area contributed by atoms with E-state index in [2.05, 4.69) is 0 Å². The van der Waals surface area contributed by atoms with Crippen LogP contribution in [0.1, 0.15) is 6.92 Å². The van der Waals surface area contributed by atoms with Crippen molar-refractivity contribution in [3.05, 3.63) is 0 Å². The fourth-order valence-corrected chi connectivity index (χ4v) is 0.365. The first kappa shape index (κ1) is 12.5. The van der Waals surface area contributed by atoms with E-state index in [1.54, 1.807) is 0 Å². The van der Waals surface area contributed by atoms with Crippen LogP contribution in [0.4, 0.5) is 0 Å². The van der Waals surface area contributed by atoms with E-state index in [0.29, 0.717) is 0 Å². The van der Waals surface area contributed by atoms with Gasteiger partial charge < -0.3 is 5.73 Å². The van der Waals surface area contributed by atoms with Crippen molar-refractivity contribution in [2.75, 3.05) is 6.54 Å². The Morgan fingerprint density at radius 1 is 1.67 bits per heavy atom. The van der Waals surface area contributed by atoms with Gasteiger partial charge in [0.2, 0.25) is 0 Å². The van der Waals surface area contributed by atoms with Crippen molar-refractivity contribution >= 4 is 39.7 Å². The molecule has 0 fully saturated rings. The molecule has 0 saturated heterocycles. The number of nitrogens with two attached hydrogens (primary N) is 1. The Balaban J connectivity index is 0. The van der Waals surface area contributed by atoms with Gasteiger partial charge in [0.05, 0.1) is 5.25 Å². The molecule has 0 aromatic heterocycles. The summed E-state index contributed by atoms with van der Waals surface area (Å²) in [4.78, 5) is 0. The van der Waals surface area contributed by atoms with Crippen LogP contribution in [0.15, 0.2) is 0 Å². The Hall–Kier alpha value is 0.870. The van der Waals surface area contributed by atoms with Gasteiger partial charge in [0, 0.05) is 6.54 Å². The minimum atomic E-state index is -3.88. The molecule has 0 bridgehead atoms. The van der Waals surface area contributed by atoms with E-state index in [-0.39, 0.29) is 36.1 Å². The van der Waals surface area contributed by atoms with Crippen LogP contribution in [0.2, 0.25) is 0 Å². The molecule has 0 aliphatic carbocycles. The molecule has 0 heterocycles. The second-order valence-corrected chi connectivity index (χ2v) is 3.40. The van der Waals surface area contributed by atoms with Crippen molar-refractivity contribution in [1.82, 2.24) is 0 Å². The van der Waals surface area contributed by atoms with Gasteiger partial charge in [0.15, 0.2) is 0 Å². The molecule has 0 aromatic rings. The van der Waals surface area contributed by atoms with E-state index in [1.165, 1.54) is 6.92 Å². The second kappa shape index (κ2) is 4.65. The van der Waals surface area contributed by atoms with Crippen LogP contribution in [0.5, 0.6) is 0 Å². The molecular formula is C3H10NNaO3S. The molecule has 1 atom stereocenters. The van der Waals surface area contributed by atoms with E-state index < -0.39 is 15.4 Å². The van der Waals surface area contributed by atoms with Gasteiger partial charge in [-0.1, -0.05) is 0 Å². The van der Waals surface area contributed by atoms with Crippen LogP contribution in [0, 0.1) is 0 Å². The molecule has 0 spiro atoms. The fraction of sp³-hybridized carbons (Fsp3) is 1.00. The number of hydrogen-bond acceptors (Lipinski definition) is 3. The summed E-state index contributed by atoms with van der Waals surface area (Å²) in [6.07, 6.45) is 0. The van der Waals surface area contributed by atoms with E-state index in [0.717, 1.165) is 0 Å². The third-order valence-electron chi connectivity index (χ3n) is 0.840. The van der Waals surface area contributed by atoms with Crippen LogP contribution in [0.25, 0.3) is 0 Å². The molecule has 1 unspecified atom stereocenters. The van der Waals surface area contributed by atoms with Crippen LogP contribution in [-0.4, -0.2) is 54.3 Å². The third-order valence-corrected chi connectivity index (χ3v) is 2.05. The summed E-state index contributed by atoms with van der Waals surface area (Å²) in [5.74, 6) is 0. The van der Waals surface area contributed by atoms with Gasteiger partial charge in [-0.3, -0.25) is 4.55 Å². The maximum atomic E-state index is 10.0. The Morgan fingerprint density at radius 3 is 2.00 bits per heavy atom. The molecule has 3 N–H and O–H groups in total. The molecule has 0 aliphatic rings. The van der Waals surface area contributed by atoms with Crippen LogP contribution in [0.3, 0.4) is 0 Å². The Bertz CT molecular complexity index is 154. The normalized spacial score (nSPS) is 14.1. The summed E-state index contributed by atoms with van der Waals surface area (Å²) < 4.78 is 28.3. The van der Waals surface area contributed by atoms with Crippen LogP contribution >= 0.6 is 0 Å². The summed E-state index contributed by atoms with van der Waals surface area (Å²) in [6, 6.07) is 0. The molecule has 0 rings (SSSR count). The van der Waals surface area contributed by atoms with E-state index in [9.17, 15) is 8.42 Å². The van der Waals surface area contributed by atoms with Crippen molar-refractivity contribution in [2.45, 2.75) is 12.2 Å². The van der Waals surface area contributed by atoms with Gasteiger partial charge in [0.25, 0.3) is 10.1 Å². The number of rotatable bonds is 2. The SMILES string of the molecule is CC(CN)S(=O)(=O)O.[NaH]. The molecule has 0 aliphatic heterocycles. The predicted octanol–water partition coefficient (Wildman–Crippen LogP) is -1.43. The Kier molecular flexibility index (Phi) is 6.48. The zero-order valence-corrected chi connectivity index (χ0v) is 5.35. The van der Waals surface area contributed by atoms with Crippen molar-refractivity contribution < 1.29 is 13.0 Å². The van der Waals surface area contributed by atoms with Gasteiger partial charge >= 0.3 is 29.6 Å². The molecule has 0 amide bonds. The molecule has 0 radical (unpaired) electrons. The summed E-state index contributed by atoms with van der Waals surface area (Å²) in [6.45, 7) is 1.30. The zero-order valence-electron chi connectivity index (χ0n) is 4.53. The molecule has 52 valence electrons. The average molecular weight is 163 g/mol. The first-order valence-electron chi connectivity index (χ1n) is 2.15. The van der Waals surface area contributed by atoms with Gasteiger partial charge in [-0.05, 0) is 6.92 Å². The van der Waals surface area contributed by atoms with Gasteiger partial charge in [0.1, 0.15) is 0 Å². The van der Waals surface area contributed by atoms with E-state index in [1.807, 2.05) is 0 Å². The summed E-state index contributed by atoms with van der Waals surface area (Å²) >= 11 is 0. The van der Waals surface area contributed by atoms with E-state index in [4.69, 9.17) is 10.3 Å². The second-order valence-electron chi connectivity index (χ2n) is 1.56. The summed E-state index contributed by atoms with van der Waals surface area (Å²) in [7, 11) is -3.88. The molecular weight excluding hydrogens is 153 g/mol. The molecule has 0 aromatic carbocycles.